The first-order valence-electron chi connectivity index (χ1n) is 8.57. The Morgan fingerprint density at radius 2 is 1.95 bits per heavy atom. The Hall–Kier alpha value is -0.820. The summed E-state index contributed by atoms with van der Waals surface area (Å²) >= 11 is 0. The van der Waals surface area contributed by atoms with E-state index >= 15 is 0 Å². The predicted octanol–water partition coefficient (Wildman–Crippen LogP) is 4.28. The average Bonchev–Trinajstić information content (AvgIpc) is 2.49. The summed E-state index contributed by atoms with van der Waals surface area (Å²) in [5.74, 6) is 3.76. The Morgan fingerprint density at radius 1 is 1.10 bits per heavy atom. The average molecular weight is 271 g/mol. The summed E-state index contributed by atoms with van der Waals surface area (Å²) in [5.41, 5.74) is 1.52. The summed E-state index contributed by atoms with van der Waals surface area (Å²) in [7, 11) is 0. The maximum absolute atomic E-state index is 3.64. The highest BCUT2D eigenvalue weighted by Gasteiger charge is 2.33. The molecule has 2 aliphatic rings. The van der Waals surface area contributed by atoms with Crippen molar-refractivity contribution in [1.82, 2.24) is 5.32 Å². The van der Waals surface area contributed by atoms with Crippen LogP contribution >= 0.6 is 0 Å². The number of benzene rings is 1. The van der Waals surface area contributed by atoms with Crippen LogP contribution in [0, 0.1) is 23.7 Å². The van der Waals surface area contributed by atoms with Gasteiger partial charge in [0.05, 0.1) is 0 Å². The molecule has 3 rings (SSSR count). The highest BCUT2D eigenvalue weighted by atomic mass is 14.9. The van der Waals surface area contributed by atoms with Gasteiger partial charge < -0.3 is 5.32 Å². The van der Waals surface area contributed by atoms with E-state index in [4.69, 9.17) is 0 Å². The summed E-state index contributed by atoms with van der Waals surface area (Å²) < 4.78 is 0. The second-order valence-electron chi connectivity index (χ2n) is 7.14. The van der Waals surface area contributed by atoms with Gasteiger partial charge in [0, 0.05) is 0 Å². The Morgan fingerprint density at radius 3 is 2.75 bits per heavy atom. The Balaban J connectivity index is 1.67. The summed E-state index contributed by atoms with van der Waals surface area (Å²) in [5, 5.41) is 3.64. The summed E-state index contributed by atoms with van der Waals surface area (Å²) in [6.45, 7) is 4.92. The van der Waals surface area contributed by atoms with Crippen molar-refractivity contribution in [2.75, 3.05) is 13.1 Å². The van der Waals surface area contributed by atoms with Gasteiger partial charge in [0.2, 0.25) is 0 Å². The second-order valence-corrected chi connectivity index (χ2v) is 7.14. The minimum Gasteiger partial charge on any atom is -0.316 e. The Bertz CT molecular complexity index is 399. The lowest BCUT2D eigenvalue weighted by molar-refractivity contribution is 0.119. The Labute approximate surface area is 124 Å². The number of hydrogen-bond donors (Lipinski definition) is 1. The third-order valence-electron chi connectivity index (χ3n) is 5.59. The number of piperidine rings is 1. The van der Waals surface area contributed by atoms with E-state index in [-0.39, 0.29) is 0 Å². The zero-order valence-electron chi connectivity index (χ0n) is 12.9. The fourth-order valence-electron chi connectivity index (χ4n) is 4.57. The second kappa shape index (κ2) is 6.76. The molecular formula is C19H29N. The molecule has 1 heterocycles. The molecule has 20 heavy (non-hydrogen) atoms. The molecule has 2 fully saturated rings. The van der Waals surface area contributed by atoms with Crippen molar-refractivity contribution < 1.29 is 0 Å². The molecule has 0 radical (unpaired) electrons. The topological polar surface area (TPSA) is 12.0 Å². The van der Waals surface area contributed by atoms with E-state index < -0.39 is 0 Å². The molecule has 1 aliphatic carbocycles. The van der Waals surface area contributed by atoms with Crippen LogP contribution in [-0.2, 0) is 6.42 Å². The third-order valence-corrected chi connectivity index (χ3v) is 5.59. The first kappa shape index (κ1) is 14.1. The molecule has 1 aliphatic heterocycles. The van der Waals surface area contributed by atoms with Crippen molar-refractivity contribution in [3.63, 3.8) is 0 Å². The van der Waals surface area contributed by atoms with E-state index in [1.54, 1.807) is 0 Å². The van der Waals surface area contributed by atoms with E-state index in [1.807, 2.05) is 0 Å². The molecule has 1 nitrogen and oxygen atoms in total. The van der Waals surface area contributed by atoms with Gasteiger partial charge in [-0.1, -0.05) is 56.5 Å². The van der Waals surface area contributed by atoms with E-state index in [0.717, 1.165) is 23.7 Å². The largest absolute Gasteiger partial charge is 0.316 e. The minimum atomic E-state index is 0.849. The number of rotatable bonds is 3. The van der Waals surface area contributed by atoms with E-state index in [1.165, 1.54) is 57.2 Å². The van der Waals surface area contributed by atoms with Crippen molar-refractivity contribution in [2.45, 2.75) is 45.4 Å². The first-order chi connectivity index (χ1) is 9.83. The maximum Gasteiger partial charge on any atom is -0.00146 e. The molecule has 4 atom stereocenters. The predicted molar refractivity (Wildman–Crippen MR) is 85.7 cm³/mol. The van der Waals surface area contributed by atoms with Crippen LogP contribution in [0.15, 0.2) is 30.3 Å². The van der Waals surface area contributed by atoms with Crippen LogP contribution in [0.3, 0.4) is 0 Å². The smallest absolute Gasteiger partial charge is 0.00146 e. The molecule has 0 spiro atoms. The minimum absolute atomic E-state index is 0.849. The van der Waals surface area contributed by atoms with Crippen LogP contribution in [0.4, 0.5) is 0 Å². The SMILES string of the molecule is CC1CCCC(C2CCNCC2Cc2ccccc2)C1. The zero-order chi connectivity index (χ0) is 13.8. The molecule has 0 aromatic heterocycles. The highest BCUT2D eigenvalue weighted by molar-refractivity contribution is 5.15. The maximum atomic E-state index is 3.64. The van der Waals surface area contributed by atoms with Gasteiger partial charge in [-0.05, 0) is 61.6 Å². The van der Waals surface area contributed by atoms with Gasteiger partial charge in [0.25, 0.3) is 0 Å². The van der Waals surface area contributed by atoms with Crippen LogP contribution in [0.2, 0.25) is 0 Å². The molecule has 1 N–H and O–H groups in total. The fraction of sp³-hybridized carbons (Fsp3) is 0.684. The van der Waals surface area contributed by atoms with E-state index in [9.17, 15) is 0 Å². The van der Waals surface area contributed by atoms with Gasteiger partial charge in [0.1, 0.15) is 0 Å². The van der Waals surface area contributed by atoms with Crippen LogP contribution in [0.5, 0.6) is 0 Å². The molecule has 1 aromatic rings. The van der Waals surface area contributed by atoms with Gasteiger partial charge in [-0.25, -0.2) is 0 Å². The molecule has 1 saturated heterocycles. The van der Waals surface area contributed by atoms with Crippen molar-refractivity contribution in [2.24, 2.45) is 23.7 Å². The molecule has 4 unspecified atom stereocenters. The summed E-state index contributed by atoms with van der Waals surface area (Å²) in [4.78, 5) is 0. The van der Waals surface area contributed by atoms with Crippen molar-refractivity contribution in [3.8, 4) is 0 Å². The summed E-state index contributed by atoms with van der Waals surface area (Å²) in [6, 6.07) is 11.1. The van der Waals surface area contributed by atoms with Crippen molar-refractivity contribution in [1.29, 1.82) is 0 Å². The van der Waals surface area contributed by atoms with Gasteiger partial charge >= 0.3 is 0 Å². The standard InChI is InChI=1S/C19H29N/c1-15-6-5-9-17(12-15)19-10-11-20-14-18(19)13-16-7-3-2-4-8-16/h2-4,7-8,15,17-20H,5-6,9-14H2,1H3. The highest BCUT2D eigenvalue weighted by Crippen LogP contribution is 2.40. The third kappa shape index (κ3) is 3.44. The van der Waals surface area contributed by atoms with Gasteiger partial charge in [-0.3, -0.25) is 0 Å². The Kier molecular flexibility index (Phi) is 4.77. The molecule has 1 saturated carbocycles. The first-order valence-corrected chi connectivity index (χ1v) is 8.57. The molecule has 0 amide bonds. The normalized spacial score (nSPS) is 34.9. The summed E-state index contributed by atoms with van der Waals surface area (Å²) in [6.07, 6.45) is 8.56. The molecule has 1 aromatic carbocycles. The van der Waals surface area contributed by atoms with Crippen LogP contribution < -0.4 is 5.32 Å². The monoisotopic (exact) mass is 271 g/mol. The lowest BCUT2D eigenvalue weighted by Crippen LogP contribution is -2.42. The molecule has 0 bridgehead atoms. The lowest BCUT2D eigenvalue weighted by Gasteiger charge is -2.41. The number of nitrogens with one attached hydrogen (secondary N) is 1. The van der Waals surface area contributed by atoms with E-state index in [2.05, 4.69) is 42.6 Å². The fourth-order valence-corrected chi connectivity index (χ4v) is 4.57. The molecule has 110 valence electrons. The number of hydrogen-bond acceptors (Lipinski definition) is 1. The molecule has 1 heteroatoms. The van der Waals surface area contributed by atoms with Crippen molar-refractivity contribution >= 4 is 0 Å². The molecular weight excluding hydrogens is 242 g/mol. The van der Waals surface area contributed by atoms with Crippen molar-refractivity contribution in [3.05, 3.63) is 35.9 Å². The quantitative estimate of drug-likeness (QED) is 0.865. The lowest BCUT2D eigenvalue weighted by atomic mass is 9.68. The van der Waals surface area contributed by atoms with Gasteiger partial charge in [0.15, 0.2) is 0 Å². The van der Waals surface area contributed by atoms with Gasteiger partial charge in [-0.15, -0.1) is 0 Å². The van der Waals surface area contributed by atoms with Gasteiger partial charge in [-0.2, -0.15) is 0 Å². The zero-order valence-corrected chi connectivity index (χ0v) is 12.9. The van der Waals surface area contributed by atoms with Crippen LogP contribution in [0.1, 0.15) is 44.6 Å². The van der Waals surface area contributed by atoms with E-state index in [0.29, 0.717) is 0 Å². The van der Waals surface area contributed by atoms with Crippen LogP contribution in [0.25, 0.3) is 0 Å². The van der Waals surface area contributed by atoms with Crippen LogP contribution in [-0.4, -0.2) is 13.1 Å².